The van der Waals surface area contributed by atoms with Crippen molar-refractivity contribution in [1.29, 1.82) is 5.41 Å². The first kappa shape index (κ1) is 26.3. The number of allylic oxidation sites excluding steroid dienone is 5. The molecule has 0 aliphatic rings. The molecule has 0 aliphatic carbocycles. The Hall–Kier alpha value is -2.69. The highest BCUT2D eigenvalue weighted by Crippen LogP contribution is 2.18. The van der Waals surface area contributed by atoms with Crippen LogP contribution in [0.2, 0.25) is 0 Å². The van der Waals surface area contributed by atoms with Crippen molar-refractivity contribution in [3.8, 4) is 0 Å². The van der Waals surface area contributed by atoms with Crippen molar-refractivity contribution in [2.75, 3.05) is 20.3 Å². The van der Waals surface area contributed by atoms with Gasteiger partial charge in [0.05, 0.1) is 6.26 Å². The van der Waals surface area contributed by atoms with Gasteiger partial charge in [-0.3, -0.25) is 0 Å². The molecule has 0 radical (unpaired) electrons. The van der Waals surface area contributed by atoms with Gasteiger partial charge in [-0.2, -0.15) is 0 Å². The minimum Gasteiger partial charge on any atom is -0.496 e. The van der Waals surface area contributed by atoms with E-state index in [1.54, 1.807) is 13.2 Å². The number of aldehydes is 1. The molecule has 1 rings (SSSR count). The van der Waals surface area contributed by atoms with Gasteiger partial charge < -0.3 is 19.8 Å². The molecule has 1 unspecified atom stereocenters. The molecule has 0 amide bonds. The molecule has 1 aromatic rings. The van der Waals surface area contributed by atoms with Gasteiger partial charge in [0.2, 0.25) is 0 Å². The highest BCUT2D eigenvalue weighted by Gasteiger charge is 2.08. The van der Waals surface area contributed by atoms with Crippen LogP contribution >= 0.6 is 0 Å². The van der Waals surface area contributed by atoms with E-state index in [2.05, 4.69) is 0 Å². The van der Waals surface area contributed by atoms with Crippen LogP contribution in [0.4, 0.5) is 4.39 Å². The summed E-state index contributed by atoms with van der Waals surface area (Å²) < 4.78 is 19.4. The average Bonchev–Trinajstić information content (AvgIpc) is 2.75. The molecule has 1 N–H and O–H groups in total. The van der Waals surface area contributed by atoms with Gasteiger partial charge in [0.15, 0.2) is 0 Å². The SMILES string of the molecule is CC(=N)CCC(=C/OCc1ccccc1)/C(C)=C/C=C(\CF)N(C)CCC(C)CC=O. The average molecular weight is 429 g/mol. The van der Waals surface area contributed by atoms with E-state index in [0.717, 1.165) is 29.4 Å². The van der Waals surface area contributed by atoms with E-state index in [1.807, 2.05) is 68.3 Å². The van der Waals surface area contributed by atoms with Crippen molar-refractivity contribution in [2.45, 2.75) is 53.1 Å². The van der Waals surface area contributed by atoms with E-state index in [4.69, 9.17) is 10.1 Å². The summed E-state index contributed by atoms with van der Waals surface area (Å²) in [5.41, 5.74) is 4.30. The molecule has 0 aliphatic heterocycles. The second kappa shape index (κ2) is 15.2. The Morgan fingerprint density at radius 1 is 1.19 bits per heavy atom. The summed E-state index contributed by atoms with van der Waals surface area (Å²) in [4.78, 5) is 12.5. The van der Waals surface area contributed by atoms with E-state index < -0.39 is 6.67 Å². The van der Waals surface area contributed by atoms with Crippen LogP contribution in [-0.4, -0.2) is 37.2 Å². The Bertz CT molecular complexity index is 769. The van der Waals surface area contributed by atoms with E-state index in [-0.39, 0.29) is 0 Å². The lowest BCUT2D eigenvalue weighted by atomic mass is 10.0. The van der Waals surface area contributed by atoms with Crippen LogP contribution in [0.25, 0.3) is 0 Å². The highest BCUT2D eigenvalue weighted by atomic mass is 19.1. The summed E-state index contributed by atoms with van der Waals surface area (Å²) in [6.07, 6.45) is 9.14. The number of ether oxygens (including phenoxy) is 1. The second-order valence-corrected chi connectivity index (χ2v) is 8.08. The van der Waals surface area contributed by atoms with Gasteiger partial charge in [-0.25, -0.2) is 4.39 Å². The summed E-state index contributed by atoms with van der Waals surface area (Å²) in [6, 6.07) is 9.96. The van der Waals surface area contributed by atoms with Crippen LogP contribution in [0.15, 0.2) is 65.6 Å². The molecule has 0 saturated heterocycles. The zero-order valence-corrected chi connectivity index (χ0v) is 19.4. The maximum Gasteiger partial charge on any atom is 0.129 e. The number of hydrogen-bond donors (Lipinski definition) is 1. The molecule has 5 heteroatoms. The largest absolute Gasteiger partial charge is 0.496 e. The number of carbonyl (C=O) groups excluding carboxylic acids is 1. The lowest BCUT2D eigenvalue weighted by Gasteiger charge is -2.22. The zero-order chi connectivity index (χ0) is 23.1. The summed E-state index contributed by atoms with van der Waals surface area (Å²) in [5.74, 6) is 0.291. The van der Waals surface area contributed by atoms with Gasteiger partial charge in [0, 0.05) is 31.4 Å². The normalized spacial score (nSPS) is 13.6. The van der Waals surface area contributed by atoms with Gasteiger partial charge in [-0.15, -0.1) is 0 Å². The van der Waals surface area contributed by atoms with Crippen LogP contribution in [0, 0.1) is 11.3 Å². The van der Waals surface area contributed by atoms with E-state index >= 15 is 0 Å². The Morgan fingerprint density at radius 3 is 2.52 bits per heavy atom. The highest BCUT2D eigenvalue weighted by molar-refractivity contribution is 5.78. The van der Waals surface area contributed by atoms with Crippen LogP contribution in [-0.2, 0) is 16.1 Å². The fourth-order valence-electron chi connectivity index (χ4n) is 2.93. The van der Waals surface area contributed by atoms with Crippen LogP contribution < -0.4 is 0 Å². The fourth-order valence-corrected chi connectivity index (χ4v) is 2.93. The van der Waals surface area contributed by atoms with Gasteiger partial charge in [0.25, 0.3) is 0 Å². The van der Waals surface area contributed by atoms with Gasteiger partial charge in [-0.05, 0) is 61.8 Å². The van der Waals surface area contributed by atoms with E-state index in [0.29, 0.717) is 49.7 Å². The standard InChI is InChI=1S/C26H37FN2O2/c1-21(15-17-30)14-16-29(4)26(18-27)13-10-22(2)25(12-11-23(3)28)20-31-19-24-8-6-5-7-9-24/h5-10,13,17,20-21,28H,11-12,14-16,18-19H2,1-4H3/b22-10+,25-20-,26-13+,28-23?. The van der Waals surface area contributed by atoms with Crippen molar-refractivity contribution in [1.82, 2.24) is 4.90 Å². The molecule has 31 heavy (non-hydrogen) atoms. The third-order valence-corrected chi connectivity index (χ3v) is 5.20. The molecular weight excluding hydrogens is 391 g/mol. The minimum atomic E-state index is -0.550. The molecule has 0 spiro atoms. The number of rotatable bonds is 15. The van der Waals surface area contributed by atoms with E-state index in [1.165, 1.54) is 0 Å². The third-order valence-electron chi connectivity index (χ3n) is 5.20. The van der Waals surface area contributed by atoms with Crippen molar-refractivity contribution in [2.24, 2.45) is 5.92 Å². The van der Waals surface area contributed by atoms with Gasteiger partial charge in [0.1, 0.15) is 19.6 Å². The number of hydrogen-bond acceptors (Lipinski definition) is 4. The lowest BCUT2D eigenvalue weighted by molar-refractivity contribution is -0.108. The molecular formula is C26H37FN2O2. The first-order valence-corrected chi connectivity index (χ1v) is 10.8. The number of benzene rings is 1. The predicted octanol–water partition coefficient (Wildman–Crippen LogP) is 6.25. The fraction of sp³-hybridized carbons (Fsp3) is 0.462. The summed E-state index contributed by atoms with van der Waals surface area (Å²) >= 11 is 0. The number of nitrogens with zero attached hydrogens (tertiary/aromatic N) is 1. The zero-order valence-electron chi connectivity index (χ0n) is 19.4. The number of nitrogens with one attached hydrogen (secondary N) is 1. The smallest absolute Gasteiger partial charge is 0.129 e. The Balaban J connectivity index is 2.85. The maximum atomic E-state index is 13.6. The lowest BCUT2D eigenvalue weighted by Crippen LogP contribution is -2.22. The topological polar surface area (TPSA) is 53.4 Å². The van der Waals surface area contributed by atoms with E-state index in [9.17, 15) is 9.18 Å². The van der Waals surface area contributed by atoms with Crippen molar-refractivity contribution >= 4 is 12.0 Å². The Kier molecular flexibility index (Phi) is 12.9. The number of carbonyl (C=O) groups is 1. The summed E-state index contributed by atoms with van der Waals surface area (Å²) in [5, 5.41) is 7.73. The van der Waals surface area contributed by atoms with Crippen LogP contribution in [0.1, 0.15) is 52.0 Å². The predicted molar refractivity (Wildman–Crippen MR) is 127 cm³/mol. The Morgan fingerprint density at radius 2 is 1.90 bits per heavy atom. The van der Waals surface area contributed by atoms with Gasteiger partial charge >= 0.3 is 0 Å². The number of alkyl halides is 1. The van der Waals surface area contributed by atoms with Crippen LogP contribution in [0.5, 0.6) is 0 Å². The van der Waals surface area contributed by atoms with Gasteiger partial charge in [-0.1, -0.05) is 43.3 Å². The summed E-state index contributed by atoms with van der Waals surface area (Å²) in [7, 11) is 1.88. The monoisotopic (exact) mass is 428 g/mol. The van der Waals surface area contributed by atoms with Crippen molar-refractivity contribution in [3.63, 3.8) is 0 Å². The maximum absolute atomic E-state index is 13.6. The molecule has 0 saturated carbocycles. The molecule has 0 fully saturated rings. The van der Waals surface area contributed by atoms with Crippen molar-refractivity contribution in [3.05, 3.63) is 71.2 Å². The van der Waals surface area contributed by atoms with Crippen LogP contribution in [0.3, 0.4) is 0 Å². The molecule has 0 aromatic heterocycles. The number of halogens is 1. The molecule has 0 heterocycles. The molecule has 1 atom stereocenters. The molecule has 1 aromatic carbocycles. The van der Waals surface area contributed by atoms with Crippen molar-refractivity contribution < 1.29 is 13.9 Å². The summed E-state index contributed by atoms with van der Waals surface area (Å²) in [6.45, 7) is 6.44. The molecule has 0 bridgehead atoms. The first-order chi connectivity index (χ1) is 14.9. The second-order valence-electron chi connectivity index (χ2n) is 8.08. The molecule has 4 nitrogen and oxygen atoms in total. The minimum absolute atomic E-state index is 0.291. The first-order valence-electron chi connectivity index (χ1n) is 10.8. The third kappa shape index (κ3) is 11.3. The molecule has 170 valence electrons. The Labute approximate surface area is 187 Å². The quantitative estimate of drug-likeness (QED) is 0.155.